The van der Waals surface area contributed by atoms with Crippen LogP contribution in [-0.2, 0) is 17.8 Å². The fraction of sp³-hybridized carbons (Fsp3) is 0.526. The molecule has 24 heavy (non-hydrogen) atoms. The number of benzene rings is 1. The van der Waals surface area contributed by atoms with Crippen molar-refractivity contribution in [2.45, 2.75) is 50.3 Å². The molecule has 3 nitrogen and oxygen atoms in total. The molecule has 0 aliphatic carbocycles. The highest BCUT2D eigenvalue weighted by molar-refractivity contribution is 8.77. The van der Waals surface area contributed by atoms with Crippen molar-refractivity contribution in [2.75, 3.05) is 12.3 Å². The lowest BCUT2D eigenvalue weighted by Crippen LogP contribution is -2.35. The molecule has 1 N–H and O–H groups in total. The largest absolute Gasteiger partial charge is 0.358 e. The van der Waals surface area contributed by atoms with Crippen molar-refractivity contribution in [3.05, 3.63) is 35.5 Å². The highest BCUT2D eigenvalue weighted by Crippen LogP contribution is 2.40. The molecule has 1 aromatic carbocycles. The number of amides is 1. The average molecular weight is 361 g/mol. The second-order valence-electron chi connectivity index (χ2n) is 6.77. The number of aromatic amines is 1. The van der Waals surface area contributed by atoms with Crippen LogP contribution in [-0.4, -0.2) is 33.3 Å². The molecule has 3 heterocycles. The monoisotopic (exact) mass is 360 g/mol. The van der Waals surface area contributed by atoms with E-state index in [-0.39, 0.29) is 0 Å². The van der Waals surface area contributed by atoms with Crippen LogP contribution in [0, 0.1) is 0 Å². The lowest BCUT2D eigenvalue weighted by molar-refractivity contribution is -0.132. The fourth-order valence-electron chi connectivity index (χ4n) is 3.75. The number of carbonyl (C=O) groups excluding carboxylic acids is 1. The molecule has 1 atom stereocenters. The Hall–Kier alpha value is -1.07. The molecular weight excluding hydrogens is 336 g/mol. The molecule has 0 radical (unpaired) electrons. The van der Waals surface area contributed by atoms with E-state index in [1.165, 1.54) is 47.2 Å². The van der Waals surface area contributed by atoms with E-state index in [0.29, 0.717) is 12.3 Å². The number of unbranched alkanes of at least 4 members (excludes halogenated alkanes) is 1. The molecule has 5 heteroatoms. The standard InChI is InChI=1S/C19H24N2OS2/c22-19(8-4-1-5-14-10-12-23-24-14)21-11-9-18-16(13-21)15-6-2-3-7-17(15)20-18/h2-3,6-7,14,20H,1,4-5,8-13H2/t14-/m0/s1. The van der Waals surface area contributed by atoms with Gasteiger partial charge in [-0.25, -0.2) is 0 Å². The highest BCUT2D eigenvalue weighted by atomic mass is 33.1. The molecule has 2 aliphatic heterocycles. The second kappa shape index (κ2) is 7.44. The third-order valence-electron chi connectivity index (χ3n) is 5.13. The number of hydrogen-bond acceptors (Lipinski definition) is 3. The Morgan fingerprint density at radius 3 is 3.08 bits per heavy atom. The predicted molar refractivity (Wildman–Crippen MR) is 104 cm³/mol. The first kappa shape index (κ1) is 16.4. The van der Waals surface area contributed by atoms with Gasteiger partial charge in [0, 0.05) is 59.1 Å². The number of H-pyrrole nitrogens is 1. The summed E-state index contributed by atoms with van der Waals surface area (Å²) in [6.07, 6.45) is 6.51. The van der Waals surface area contributed by atoms with Gasteiger partial charge in [0.1, 0.15) is 0 Å². The molecule has 1 fully saturated rings. The third kappa shape index (κ3) is 3.47. The van der Waals surface area contributed by atoms with Crippen molar-refractivity contribution in [2.24, 2.45) is 0 Å². The van der Waals surface area contributed by atoms with E-state index in [9.17, 15) is 4.79 Å². The normalized spacial score (nSPS) is 20.5. The number of carbonyl (C=O) groups is 1. The first-order chi connectivity index (χ1) is 11.8. The summed E-state index contributed by atoms with van der Waals surface area (Å²) in [4.78, 5) is 18.1. The number of hydrogen-bond donors (Lipinski definition) is 1. The van der Waals surface area contributed by atoms with E-state index in [1.807, 2.05) is 21.6 Å². The smallest absolute Gasteiger partial charge is 0.222 e. The van der Waals surface area contributed by atoms with Crippen LogP contribution in [0.3, 0.4) is 0 Å². The van der Waals surface area contributed by atoms with Crippen LogP contribution in [0.5, 0.6) is 0 Å². The Kier molecular flexibility index (Phi) is 5.09. The molecule has 1 aromatic heterocycles. The van der Waals surface area contributed by atoms with Crippen LogP contribution in [0.15, 0.2) is 24.3 Å². The van der Waals surface area contributed by atoms with E-state index in [4.69, 9.17) is 0 Å². The predicted octanol–water partition coefficient (Wildman–Crippen LogP) is 4.77. The van der Waals surface area contributed by atoms with Crippen molar-refractivity contribution in [3.8, 4) is 0 Å². The van der Waals surface area contributed by atoms with Crippen LogP contribution in [0.2, 0.25) is 0 Å². The van der Waals surface area contributed by atoms with Gasteiger partial charge in [0.25, 0.3) is 0 Å². The number of nitrogens with zero attached hydrogens (tertiary/aromatic N) is 1. The van der Waals surface area contributed by atoms with Gasteiger partial charge in [-0.3, -0.25) is 4.79 Å². The molecule has 1 amide bonds. The second-order valence-corrected chi connectivity index (χ2v) is 9.56. The Morgan fingerprint density at radius 2 is 2.21 bits per heavy atom. The lowest BCUT2D eigenvalue weighted by atomic mass is 10.0. The summed E-state index contributed by atoms with van der Waals surface area (Å²) >= 11 is 0. The summed E-state index contributed by atoms with van der Waals surface area (Å²) in [7, 11) is 4.04. The van der Waals surface area contributed by atoms with Gasteiger partial charge in [-0.05, 0) is 25.3 Å². The van der Waals surface area contributed by atoms with E-state index in [1.54, 1.807) is 0 Å². The van der Waals surface area contributed by atoms with Crippen molar-refractivity contribution < 1.29 is 4.79 Å². The molecule has 0 unspecified atom stereocenters. The van der Waals surface area contributed by atoms with E-state index in [0.717, 1.165) is 31.2 Å². The Balaban J connectivity index is 1.31. The Bertz CT molecular complexity index is 721. The van der Waals surface area contributed by atoms with E-state index in [2.05, 4.69) is 34.1 Å². The molecular formula is C19H24N2OS2. The summed E-state index contributed by atoms with van der Waals surface area (Å²) in [6.45, 7) is 1.63. The minimum absolute atomic E-state index is 0.333. The van der Waals surface area contributed by atoms with Crippen LogP contribution in [0.25, 0.3) is 10.9 Å². The van der Waals surface area contributed by atoms with Gasteiger partial charge >= 0.3 is 0 Å². The number of nitrogens with one attached hydrogen (secondary N) is 1. The molecule has 2 aliphatic rings. The fourth-order valence-corrected chi connectivity index (χ4v) is 6.78. The summed E-state index contributed by atoms with van der Waals surface area (Å²) in [5, 5.41) is 2.11. The zero-order valence-electron chi connectivity index (χ0n) is 13.9. The number of rotatable bonds is 5. The Labute approximate surface area is 151 Å². The summed E-state index contributed by atoms with van der Waals surface area (Å²) in [5.74, 6) is 1.63. The van der Waals surface area contributed by atoms with Crippen LogP contribution >= 0.6 is 21.6 Å². The van der Waals surface area contributed by atoms with Gasteiger partial charge in [-0.2, -0.15) is 0 Å². The van der Waals surface area contributed by atoms with Gasteiger partial charge < -0.3 is 9.88 Å². The highest BCUT2D eigenvalue weighted by Gasteiger charge is 2.23. The molecule has 0 bridgehead atoms. The maximum Gasteiger partial charge on any atom is 0.222 e. The quantitative estimate of drug-likeness (QED) is 0.616. The third-order valence-corrected chi connectivity index (χ3v) is 8.14. The zero-order valence-corrected chi connectivity index (χ0v) is 15.6. The van der Waals surface area contributed by atoms with Gasteiger partial charge in [0.2, 0.25) is 5.91 Å². The van der Waals surface area contributed by atoms with Crippen LogP contribution < -0.4 is 0 Å². The molecule has 4 rings (SSSR count). The maximum atomic E-state index is 12.6. The topological polar surface area (TPSA) is 36.1 Å². The SMILES string of the molecule is O=C(CCCC[C@H]1CCSS1)N1CCc2[nH]c3ccccc3c2C1. The molecule has 128 valence electrons. The minimum Gasteiger partial charge on any atom is -0.358 e. The van der Waals surface area contributed by atoms with Gasteiger partial charge in [0.05, 0.1) is 0 Å². The van der Waals surface area contributed by atoms with Crippen LogP contribution in [0.1, 0.15) is 43.4 Å². The lowest BCUT2D eigenvalue weighted by Gasteiger charge is -2.27. The number of fused-ring (bicyclic) bond motifs is 3. The van der Waals surface area contributed by atoms with Crippen molar-refractivity contribution >= 4 is 38.4 Å². The van der Waals surface area contributed by atoms with Crippen molar-refractivity contribution in [1.82, 2.24) is 9.88 Å². The van der Waals surface area contributed by atoms with Crippen molar-refractivity contribution in [1.29, 1.82) is 0 Å². The molecule has 2 aromatic rings. The van der Waals surface area contributed by atoms with Gasteiger partial charge in [-0.1, -0.05) is 46.2 Å². The van der Waals surface area contributed by atoms with E-state index >= 15 is 0 Å². The Morgan fingerprint density at radius 1 is 1.29 bits per heavy atom. The maximum absolute atomic E-state index is 12.6. The van der Waals surface area contributed by atoms with Crippen molar-refractivity contribution in [3.63, 3.8) is 0 Å². The molecule has 0 saturated carbocycles. The van der Waals surface area contributed by atoms with Gasteiger partial charge in [-0.15, -0.1) is 0 Å². The van der Waals surface area contributed by atoms with Gasteiger partial charge in [0.15, 0.2) is 0 Å². The first-order valence-electron chi connectivity index (χ1n) is 8.96. The first-order valence-corrected chi connectivity index (χ1v) is 11.3. The molecule has 1 saturated heterocycles. The minimum atomic E-state index is 0.333. The van der Waals surface area contributed by atoms with E-state index < -0.39 is 0 Å². The summed E-state index contributed by atoms with van der Waals surface area (Å²) in [5.41, 5.74) is 3.84. The summed E-state index contributed by atoms with van der Waals surface area (Å²) in [6, 6.07) is 8.43. The summed E-state index contributed by atoms with van der Waals surface area (Å²) < 4.78 is 0. The number of para-hydroxylation sites is 1. The number of aromatic nitrogens is 1. The zero-order chi connectivity index (χ0) is 16.4. The molecule has 0 spiro atoms. The average Bonchev–Trinajstić information content (AvgIpc) is 3.25. The van der Waals surface area contributed by atoms with Crippen LogP contribution in [0.4, 0.5) is 0 Å².